The van der Waals surface area contributed by atoms with Crippen molar-refractivity contribution in [3.8, 4) is 5.69 Å². The van der Waals surface area contributed by atoms with Crippen molar-refractivity contribution in [2.45, 2.75) is 38.8 Å². The molecular weight excluding hydrogens is 372 g/mol. The first kappa shape index (κ1) is 19.3. The molecule has 29 heavy (non-hydrogen) atoms. The monoisotopic (exact) mass is 396 g/mol. The van der Waals surface area contributed by atoms with Crippen molar-refractivity contribution in [2.75, 3.05) is 20.1 Å². The minimum Gasteiger partial charge on any atom is -0.322 e. The van der Waals surface area contributed by atoms with Crippen LogP contribution in [0.2, 0.25) is 0 Å². The zero-order valence-electron chi connectivity index (χ0n) is 16.6. The second-order valence-corrected chi connectivity index (χ2v) is 7.54. The molecule has 2 aliphatic rings. The first-order valence-electron chi connectivity index (χ1n) is 9.84. The van der Waals surface area contributed by atoms with Gasteiger partial charge in [0.05, 0.1) is 17.6 Å². The van der Waals surface area contributed by atoms with Gasteiger partial charge >= 0.3 is 0 Å². The molecule has 9 nitrogen and oxygen atoms in total. The molecule has 0 saturated carbocycles. The topological polar surface area (TPSA) is 100 Å². The fourth-order valence-corrected chi connectivity index (χ4v) is 3.69. The van der Waals surface area contributed by atoms with Gasteiger partial charge in [0, 0.05) is 31.5 Å². The molecule has 0 radical (unpaired) electrons. The molecule has 1 fully saturated rings. The highest BCUT2D eigenvalue weighted by atomic mass is 16.2. The molecule has 2 aromatic rings. The quantitative estimate of drug-likeness (QED) is 0.715. The van der Waals surface area contributed by atoms with Crippen LogP contribution < -0.4 is 5.32 Å². The Morgan fingerprint density at radius 2 is 2.10 bits per heavy atom. The van der Waals surface area contributed by atoms with Gasteiger partial charge in [-0.1, -0.05) is 18.2 Å². The number of imide groups is 1. The van der Waals surface area contributed by atoms with Crippen LogP contribution >= 0.6 is 0 Å². The summed E-state index contributed by atoms with van der Waals surface area (Å²) in [5.74, 6) is -0.883. The molecule has 1 N–H and O–H groups in total. The van der Waals surface area contributed by atoms with Crippen LogP contribution in [0, 0.1) is 0 Å². The number of benzene rings is 1. The molecule has 0 spiro atoms. The molecule has 0 bridgehead atoms. The van der Waals surface area contributed by atoms with Crippen LogP contribution in [-0.2, 0) is 22.6 Å². The van der Waals surface area contributed by atoms with E-state index in [1.807, 2.05) is 18.3 Å². The molecule has 4 rings (SSSR count). The lowest BCUT2D eigenvalue weighted by Gasteiger charge is -2.29. The SMILES string of the molecule is CCN(C)CCc1cn(-c2ccc3c(c2)C(=O)N(C2CCC(=O)NC2=O)C3)nn1. The summed E-state index contributed by atoms with van der Waals surface area (Å²) in [6.45, 7) is 4.35. The predicted molar refractivity (Wildman–Crippen MR) is 104 cm³/mol. The largest absolute Gasteiger partial charge is 0.322 e. The molecule has 2 aliphatic heterocycles. The number of amides is 3. The maximum Gasteiger partial charge on any atom is 0.255 e. The van der Waals surface area contributed by atoms with E-state index in [0.29, 0.717) is 18.5 Å². The summed E-state index contributed by atoms with van der Waals surface area (Å²) >= 11 is 0. The van der Waals surface area contributed by atoms with Crippen LogP contribution in [-0.4, -0.2) is 68.7 Å². The number of aromatic nitrogens is 3. The third-order valence-electron chi connectivity index (χ3n) is 5.61. The van der Waals surface area contributed by atoms with Crippen LogP contribution in [0.1, 0.15) is 41.4 Å². The zero-order valence-corrected chi connectivity index (χ0v) is 16.6. The van der Waals surface area contributed by atoms with Gasteiger partial charge in [0.2, 0.25) is 11.8 Å². The van der Waals surface area contributed by atoms with Gasteiger partial charge in [-0.25, -0.2) is 4.68 Å². The second kappa shape index (κ2) is 7.75. The Morgan fingerprint density at radius 1 is 1.28 bits per heavy atom. The van der Waals surface area contributed by atoms with E-state index in [4.69, 9.17) is 0 Å². The summed E-state index contributed by atoms with van der Waals surface area (Å²) in [7, 11) is 2.06. The van der Waals surface area contributed by atoms with Gasteiger partial charge < -0.3 is 9.80 Å². The molecule has 9 heteroatoms. The molecule has 3 heterocycles. The molecular formula is C20H24N6O3. The maximum atomic E-state index is 12.9. The van der Waals surface area contributed by atoms with E-state index in [-0.39, 0.29) is 18.2 Å². The van der Waals surface area contributed by atoms with Crippen molar-refractivity contribution in [3.63, 3.8) is 0 Å². The molecule has 152 valence electrons. The number of hydrogen-bond donors (Lipinski definition) is 1. The lowest BCUT2D eigenvalue weighted by molar-refractivity contribution is -0.136. The van der Waals surface area contributed by atoms with Crippen molar-refractivity contribution in [3.05, 3.63) is 41.2 Å². The molecule has 1 aromatic heterocycles. The predicted octanol–water partition coefficient (Wildman–Crippen LogP) is 0.523. The number of carbonyl (C=O) groups is 3. The number of carbonyl (C=O) groups excluding carboxylic acids is 3. The van der Waals surface area contributed by atoms with Gasteiger partial charge in [0.15, 0.2) is 0 Å². The van der Waals surface area contributed by atoms with Gasteiger partial charge in [-0.2, -0.15) is 0 Å². The lowest BCUT2D eigenvalue weighted by atomic mass is 10.0. The van der Waals surface area contributed by atoms with Gasteiger partial charge in [0.1, 0.15) is 6.04 Å². The third-order valence-corrected chi connectivity index (χ3v) is 5.61. The standard InChI is InChI=1S/C20H24N6O3/c1-3-24(2)9-8-14-12-26(23-22-14)15-5-4-13-11-25(20(29)16(13)10-15)17-6-7-18(27)21-19(17)28/h4-5,10,12,17H,3,6-9,11H2,1-2H3,(H,21,27,28). The fraction of sp³-hybridized carbons (Fsp3) is 0.450. The smallest absolute Gasteiger partial charge is 0.255 e. The van der Waals surface area contributed by atoms with Crippen LogP contribution in [0.5, 0.6) is 0 Å². The summed E-state index contributed by atoms with van der Waals surface area (Å²) < 4.78 is 1.67. The van der Waals surface area contributed by atoms with E-state index in [2.05, 4.69) is 34.5 Å². The number of rotatable bonds is 6. The van der Waals surface area contributed by atoms with E-state index in [1.165, 1.54) is 0 Å². The molecule has 1 aromatic carbocycles. The summed E-state index contributed by atoms with van der Waals surface area (Å²) in [4.78, 5) is 40.2. The van der Waals surface area contributed by atoms with Crippen molar-refractivity contribution >= 4 is 17.7 Å². The Bertz CT molecular complexity index is 969. The molecule has 1 saturated heterocycles. The van der Waals surface area contributed by atoms with Crippen molar-refractivity contribution in [1.29, 1.82) is 0 Å². The number of nitrogens with one attached hydrogen (secondary N) is 1. The van der Waals surface area contributed by atoms with E-state index in [0.717, 1.165) is 36.5 Å². The summed E-state index contributed by atoms with van der Waals surface area (Å²) in [6.07, 6.45) is 3.28. The van der Waals surface area contributed by atoms with Crippen molar-refractivity contribution in [1.82, 2.24) is 30.1 Å². The van der Waals surface area contributed by atoms with Gasteiger partial charge in [-0.05, 0) is 37.7 Å². The first-order valence-corrected chi connectivity index (χ1v) is 9.84. The average Bonchev–Trinajstić information content (AvgIpc) is 3.31. The normalized spacial score (nSPS) is 19.1. The summed E-state index contributed by atoms with van der Waals surface area (Å²) in [5.41, 5.74) is 3.08. The maximum absolute atomic E-state index is 12.9. The van der Waals surface area contributed by atoms with Crippen LogP contribution in [0.3, 0.4) is 0 Å². The highest BCUT2D eigenvalue weighted by molar-refractivity contribution is 6.05. The minimum atomic E-state index is -0.607. The molecule has 1 unspecified atom stereocenters. The van der Waals surface area contributed by atoms with Crippen molar-refractivity contribution in [2.24, 2.45) is 0 Å². The van der Waals surface area contributed by atoms with Gasteiger partial charge in [0.25, 0.3) is 5.91 Å². The van der Waals surface area contributed by atoms with Crippen LogP contribution in [0.15, 0.2) is 24.4 Å². The van der Waals surface area contributed by atoms with Gasteiger partial charge in [-0.3, -0.25) is 19.7 Å². The Kier molecular flexibility index (Phi) is 5.14. The Morgan fingerprint density at radius 3 is 2.86 bits per heavy atom. The number of nitrogens with zero attached hydrogens (tertiary/aromatic N) is 5. The van der Waals surface area contributed by atoms with Gasteiger partial charge in [-0.15, -0.1) is 5.10 Å². The number of hydrogen-bond acceptors (Lipinski definition) is 6. The molecule has 3 amide bonds. The fourth-order valence-electron chi connectivity index (χ4n) is 3.69. The lowest BCUT2D eigenvalue weighted by Crippen LogP contribution is -2.52. The van der Waals surface area contributed by atoms with Crippen molar-refractivity contribution < 1.29 is 14.4 Å². The van der Waals surface area contributed by atoms with E-state index < -0.39 is 11.9 Å². The second-order valence-electron chi connectivity index (χ2n) is 7.54. The Labute approximate surface area is 168 Å². The van der Waals surface area contributed by atoms with Crippen LogP contribution in [0.25, 0.3) is 5.69 Å². The third kappa shape index (κ3) is 3.77. The minimum absolute atomic E-state index is 0.193. The first-order chi connectivity index (χ1) is 14.0. The highest BCUT2D eigenvalue weighted by Gasteiger charge is 2.39. The number of piperidine rings is 1. The number of fused-ring (bicyclic) bond motifs is 1. The summed E-state index contributed by atoms with van der Waals surface area (Å²) in [5, 5.41) is 10.7. The molecule has 1 atom stereocenters. The van der Waals surface area contributed by atoms with E-state index in [9.17, 15) is 14.4 Å². The highest BCUT2D eigenvalue weighted by Crippen LogP contribution is 2.29. The average molecular weight is 396 g/mol. The zero-order chi connectivity index (χ0) is 20.5. The molecule has 0 aliphatic carbocycles. The van der Waals surface area contributed by atoms with E-state index >= 15 is 0 Å². The Hall–Kier alpha value is -3.07. The van der Waals surface area contributed by atoms with E-state index in [1.54, 1.807) is 15.6 Å². The number of likely N-dealkylation sites (N-methyl/N-ethyl adjacent to an activating group) is 1. The summed E-state index contributed by atoms with van der Waals surface area (Å²) in [6, 6.07) is 4.97. The Balaban J connectivity index is 1.50. The van der Waals surface area contributed by atoms with Crippen LogP contribution in [0.4, 0.5) is 0 Å².